The van der Waals surface area contributed by atoms with E-state index in [-0.39, 0.29) is 17.0 Å². The minimum Gasteiger partial charge on any atom is -0.374 e. The average molecular weight is 287 g/mol. The Morgan fingerprint density at radius 1 is 1.42 bits per heavy atom. The van der Waals surface area contributed by atoms with Crippen molar-refractivity contribution in [2.75, 3.05) is 5.32 Å². The Balaban J connectivity index is 2.56. The van der Waals surface area contributed by atoms with Crippen LogP contribution < -0.4 is 10.6 Å². The lowest BCUT2D eigenvalue weighted by Gasteiger charge is -2.19. The van der Waals surface area contributed by atoms with Crippen LogP contribution in [0.2, 0.25) is 5.02 Å². The standard InChI is InChI=1S/C14H20ClFN2O/c1-4-5-9(2)17-14(19)10(3)18-11-6-7-12(15)13(16)8-11/h6-10,18H,4-5H2,1-3H3,(H,17,19). The molecular formula is C14H20ClFN2O. The molecular weight excluding hydrogens is 267 g/mol. The van der Waals surface area contributed by atoms with E-state index in [4.69, 9.17) is 11.6 Å². The summed E-state index contributed by atoms with van der Waals surface area (Å²) in [7, 11) is 0. The Kier molecular flexibility index (Phi) is 6.09. The second-order valence-electron chi connectivity index (χ2n) is 4.69. The largest absolute Gasteiger partial charge is 0.374 e. The van der Waals surface area contributed by atoms with Gasteiger partial charge in [-0.15, -0.1) is 0 Å². The van der Waals surface area contributed by atoms with Gasteiger partial charge in [0.25, 0.3) is 0 Å². The van der Waals surface area contributed by atoms with Gasteiger partial charge in [-0.1, -0.05) is 24.9 Å². The number of hydrogen-bond donors (Lipinski definition) is 2. The van der Waals surface area contributed by atoms with Crippen molar-refractivity contribution in [1.29, 1.82) is 0 Å². The third-order valence-electron chi connectivity index (χ3n) is 2.81. The predicted octanol–water partition coefficient (Wildman–Crippen LogP) is 3.58. The normalized spacial score (nSPS) is 13.7. The first-order valence-corrected chi connectivity index (χ1v) is 6.83. The molecule has 0 radical (unpaired) electrons. The van der Waals surface area contributed by atoms with Gasteiger partial charge in [0.2, 0.25) is 5.91 Å². The third kappa shape index (κ3) is 5.07. The van der Waals surface area contributed by atoms with E-state index in [2.05, 4.69) is 17.6 Å². The van der Waals surface area contributed by atoms with Crippen LogP contribution in [-0.4, -0.2) is 18.0 Å². The number of hydrogen-bond acceptors (Lipinski definition) is 2. The lowest BCUT2D eigenvalue weighted by molar-refractivity contribution is -0.122. The number of rotatable bonds is 6. The first-order valence-electron chi connectivity index (χ1n) is 6.46. The second-order valence-corrected chi connectivity index (χ2v) is 5.10. The Labute approximate surface area is 118 Å². The maximum absolute atomic E-state index is 13.3. The van der Waals surface area contributed by atoms with E-state index in [0.717, 1.165) is 12.8 Å². The predicted molar refractivity (Wildman–Crippen MR) is 77.0 cm³/mol. The summed E-state index contributed by atoms with van der Waals surface area (Å²) in [5, 5.41) is 5.92. The highest BCUT2D eigenvalue weighted by molar-refractivity contribution is 6.30. The number of amides is 1. The molecule has 0 spiro atoms. The molecule has 3 nitrogen and oxygen atoms in total. The smallest absolute Gasteiger partial charge is 0.242 e. The van der Waals surface area contributed by atoms with E-state index in [1.54, 1.807) is 13.0 Å². The zero-order valence-corrected chi connectivity index (χ0v) is 12.2. The van der Waals surface area contributed by atoms with Gasteiger partial charge in [-0.2, -0.15) is 0 Å². The molecule has 2 atom stereocenters. The van der Waals surface area contributed by atoms with Crippen molar-refractivity contribution in [1.82, 2.24) is 5.32 Å². The minimum atomic E-state index is -0.501. The van der Waals surface area contributed by atoms with Crippen LogP contribution in [0.5, 0.6) is 0 Å². The van der Waals surface area contributed by atoms with Gasteiger partial charge in [0.1, 0.15) is 11.9 Å². The van der Waals surface area contributed by atoms with Crippen LogP contribution in [-0.2, 0) is 4.79 Å². The maximum atomic E-state index is 13.3. The Bertz CT molecular complexity index is 439. The quantitative estimate of drug-likeness (QED) is 0.839. The average Bonchev–Trinajstić information content (AvgIpc) is 2.34. The Morgan fingerprint density at radius 2 is 2.11 bits per heavy atom. The van der Waals surface area contributed by atoms with Crippen molar-refractivity contribution >= 4 is 23.2 Å². The topological polar surface area (TPSA) is 41.1 Å². The molecule has 1 amide bonds. The summed E-state index contributed by atoms with van der Waals surface area (Å²) in [5.74, 6) is -0.602. The molecule has 0 heterocycles. The van der Waals surface area contributed by atoms with Gasteiger partial charge in [0, 0.05) is 11.7 Å². The summed E-state index contributed by atoms with van der Waals surface area (Å²) < 4.78 is 13.3. The van der Waals surface area contributed by atoms with E-state index < -0.39 is 11.9 Å². The lowest BCUT2D eigenvalue weighted by atomic mass is 10.2. The molecule has 0 bridgehead atoms. The molecule has 1 aromatic rings. The molecule has 2 unspecified atom stereocenters. The number of anilines is 1. The number of nitrogens with one attached hydrogen (secondary N) is 2. The summed E-state index contributed by atoms with van der Waals surface area (Å²) in [6.45, 7) is 5.78. The number of carbonyl (C=O) groups is 1. The SMILES string of the molecule is CCCC(C)NC(=O)C(C)Nc1ccc(Cl)c(F)c1. The van der Waals surface area contributed by atoms with Crippen LogP contribution in [0.15, 0.2) is 18.2 Å². The van der Waals surface area contributed by atoms with Gasteiger partial charge in [0.05, 0.1) is 5.02 Å². The Hall–Kier alpha value is -1.29. The molecule has 2 N–H and O–H groups in total. The molecule has 0 saturated carbocycles. The monoisotopic (exact) mass is 286 g/mol. The molecule has 19 heavy (non-hydrogen) atoms. The molecule has 1 aromatic carbocycles. The van der Waals surface area contributed by atoms with Crippen molar-refractivity contribution in [3.8, 4) is 0 Å². The molecule has 1 rings (SSSR count). The summed E-state index contributed by atoms with van der Waals surface area (Å²) in [4.78, 5) is 11.9. The summed E-state index contributed by atoms with van der Waals surface area (Å²) in [6.07, 6.45) is 1.96. The first-order chi connectivity index (χ1) is 8.93. The second kappa shape index (κ2) is 7.34. The fraction of sp³-hybridized carbons (Fsp3) is 0.500. The fourth-order valence-corrected chi connectivity index (χ4v) is 1.89. The van der Waals surface area contributed by atoms with Crippen LogP contribution in [0.1, 0.15) is 33.6 Å². The van der Waals surface area contributed by atoms with Crippen LogP contribution in [0.3, 0.4) is 0 Å². The van der Waals surface area contributed by atoms with Crippen LogP contribution in [0.25, 0.3) is 0 Å². The van der Waals surface area contributed by atoms with Crippen molar-refractivity contribution in [3.05, 3.63) is 29.0 Å². The van der Waals surface area contributed by atoms with Crippen LogP contribution >= 0.6 is 11.6 Å². The summed E-state index contributed by atoms with van der Waals surface area (Å²) >= 11 is 5.60. The number of carbonyl (C=O) groups excluding carboxylic acids is 1. The van der Waals surface area contributed by atoms with Crippen molar-refractivity contribution in [3.63, 3.8) is 0 Å². The van der Waals surface area contributed by atoms with Gasteiger partial charge >= 0.3 is 0 Å². The van der Waals surface area contributed by atoms with Crippen LogP contribution in [0, 0.1) is 5.82 Å². The zero-order chi connectivity index (χ0) is 14.4. The van der Waals surface area contributed by atoms with Gasteiger partial charge in [-0.25, -0.2) is 4.39 Å². The highest BCUT2D eigenvalue weighted by atomic mass is 35.5. The Morgan fingerprint density at radius 3 is 2.68 bits per heavy atom. The number of halogens is 2. The molecule has 0 aliphatic rings. The van der Waals surface area contributed by atoms with Crippen molar-refractivity contribution < 1.29 is 9.18 Å². The van der Waals surface area contributed by atoms with Gasteiger partial charge < -0.3 is 10.6 Å². The van der Waals surface area contributed by atoms with Crippen molar-refractivity contribution in [2.45, 2.75) is 45.7 Å². The summed E-state index contributed by atoms with van der Waals surface area (Å²) in [6, 6.07) is 4.10. The highest BCUT2D eigenvalue weighted by Crippen LogP contribution is 2.19. The van der Waals surface area contributed by atoms with E-state index in [0.29, 0.717) is 5.69 Å². The van der Waals surface area contributed by atoms with Gasteiger partial charge in [-0.05, 0) is 38.5 Å². The van der Waals surface area contributed by atoms with Gasteiger partial charge in [0.15, 0.2) is 0 Å². The summed E-state index contributed by atoms with van der Waals surface area (Å²) in [5.41, 5.74) is 0.535. The molecule has 5 heteroatoms. The zero-order valence-electron chi connectivity index (χ0n) is 11.5. The molecule has 0 saturated heterocycles. The number of benzene rings is 1. The maximum Gasteiger partial charge on any atom is 0.242 e. The molecule has 0 aliphatic heterocycles. The molecule has 0 aliphatic carbocycles. The van der Waals surface area contributed by atoms with Crippen LogP contribution in [0.4, 0.5) is 10.1 Å². The van der Waals surface area contributed by atoms with Crippen molar-refractivity contribution in [2.24, 2.45) is 0 Å². The van der Waals surface area contributed by atoms with E-state index in [1.807, 2.05) is 6.92 Å². The molecule has 0 fully saturated rings. The highest BCUT2D eigenvalue weighted by Gasteiger charge is 2.15. The van der Waals surface area contributed by atoms with E-state index in [9.17, 15) is 9.18 Å². The van der Waals surface area contributed by atoms with Gasteiger partial charge in [-0.3, -0.25) is 4.79 Å². The minimum absolute atomic E-state index is 0.0687. The lowest BCUT2D eigenvalue weighted by Crippen LogP contribution is -2.42. The fourth-order valence-electron chi connectivity index (χ4n) is 1.77. The third-order valence-corrected chi connectivity index (χ3v) is 3.11. The molecule has 0 aromatic heterocycles. The van der Waals surface area contributed by atoms with E-state index >= 15 is 0 Å². The molecule has 106 valence electrons. The van der Waals surface area contributed by atoms with E-state index in [1.165, 1.54) is 12.1 Å². The first kappa shape index (κ1) is 15.8.